The third-order valence-corrected chi connectivity index (χ3v) is 4.89. The van der Waals surface area contributed by atoms with E-state index in [0.29, 0.717) is 6.04 Å². The lowest BCUT2D eigenvalue weighted by molar-refractivity contribution is 0.105. The van der Waals surface area contributed by atoms with E-state index >= 15 is 0 Å². The molecular weight excluding hydrogens is 242 g/mol. The van der Waals surface area contributed by atoms with E-state index < -0.39 is 0 Å². The molecule has 1 saturated heterocycles. The highest BCUT2D eigenvalue weighted by atomic mass is 32.1. The van der Waals surface area contributed by atoms with E-state index in [1.54, 1.807) is 11.3 Å². The third kappa shape index (κ3) is 3.53. The summed E-state index contributed by atoms with van der Waals surface area (Å²) in [6.45, 7) is 11.0. The summed E-state index contributed by atoms with van der Waals surface area (Å²) in [5, 5.41) is 6.77. The maximum Gasteiger partial charge on any atom is 0.107 e. The minimum absolute atomic E-state index is 0.692. The summed E-state index contributed by atoms with van der Waals surface area (Å²) >= 11 is 1.78. The summed E-state index contributed by atoms with van der Waals surface area (Å²) in [6, 6.07) is 0.692. The molecule has 0 saturated carbocycles. The number of hydrogen-bond acceptors (Lipinski definition) is 4. The van der Waals surface area contributed by atoms with Crippen LogP contribution in [0.4, 0.5) is 0 Å². The highest BCUT2D eigenvalue weighted by Crippen LogP contribution is 2.24. The van der Waals surface area contributed by atoms with Gasteiger partial charge in [0.1, 0.15) is 5.01 Å². The van der Waals surface area contributed by atoms with Crippen molar-refractivity contribution in [3.05, 3.63) is 16.1 Å². The van der Waals surface area contributed by atoms with E-state index in [-0.39, 0.29) is 0 Å². The van der Waals surface area contributed by atoms with Crippen molar-refractivity contribution in [2.45, 2.75) is 52.7 Å². The van der Waals surface area contributed by atoms with Crippen molar-refractivity contribution in [3.8, 4) is 0 Å². The van der Waals surface area contributed by atoms with Crippen LogP contribution in [0.2, 0.25) is 0 Å². The Morgan fingerprint density at radius 2 is 2.33 bits per heavy atom. The fourth-order valence-corrected chi connectivity index (χ4v) is 3.34. The number of nitrogens with one attached hydrogen (secondary N) is 1. The van der Waals surface area contributed by atoms with Crippen LogP contribution in [0.3, 0.4) is 0 Å². The molecule has 0 bridgehead atoms. The molecule has 0 spiro atoms. The first-order chi connectivity index (χ1) is 8.70. The van der Waals surface area contributed by atoms with Crippen molar-refractivity contribution < 1.29 is 0 Å². The van der Waals surface area contributed by atoms with Gasteiger partial charge in [0.2, 0.25) is 0 Å². The van der Waals surface area contributed by atoms with Crippen LogP contribution in [-0.4, -0.2) is 29.0 Å². The zero-order valence-corrected chi connectivity index (χ0v) is 12.6. The summed E-state index contributed by atoms with van der Waals surface area (Å²) < 4.78 is 0. The number of rotatable bonds is 5. The lowest BCUT2D eigenvalue weighted by Crippen LogP contribution is -2.41. The van der Waals surface area contributed by atoms with Crippen LogP contribution in [-0.2, 0) is 13.1 Å². The average molecular weight is 267 g/mol. The zero-order valence-electron chi connectivity index (χ0n) is 11.8. The minimum Gasteiger partial charge on any atom is -0.311 e. The van der Waals surface area contributed by atoms with Crippen LogP contribution < -0.4 is 5.32 Å². The van der Waals surface area contributed by atoms with Crippen molar-refractivity contribution in [2.75, 3.05) is 13.1 Å². The average Bonchev–Trinajstić information content (AvgIpc) is 2.80. The molecule has 1 fully saturated rings. The summed E-state index contributed by atoms with van der Waals surface area (Å²) in [5.74, 6) is 0.818. The minimum atomic E-state index is 0.692. The molecule has 0 amide bonds. The number of thiazole rings is 1. The number of nitrogens with zero attached hydrogens (tertiary/aromatic N) is 2. The Hall–Kier alpha value is -0.450. The second-order valence-electron chi connectivity index (χ2n) is 5.34. The molecule has 18 heavy (non-hydrogen) atoms. The van der Waals surface area contributed by atoms with Crippen LogP contribution in [0.25, 0.3) is 0 Å². The summed E-state index contributed by atoms with van der Waals surface area (Å²) in [4.78, 5) is 7.30. The second kappa shape index (κ2) is 6.64. The Bertz CT molecular complexity index is 364. The van der Waals surface area contributed by atoms with E-state index in [0.717, 1.165) is 25.6 Å². The zero-order chi connectivity index (χ0) is 13.0. The van der Waals surface area contributed by atoms with E-state index in [1.165, 1.54) is 30.1 Å². The predicted octanol–water partition coefficient (Wildman–Crippen LogP) is 2.87. The van der Waals surface area contributed by atoms with Crippen molar-refractivity contribution in [3.63, 3.8) is 0 Å². The highest BCUT2D eigenvalue weighted by Gasteiger charge is 2.24. The standard InChI is InChI=1S/C14H25N3S/c1-4-15-8-14-16-13(10-18-14)9-17-7-5-6-11(2)12(17)3/h10-12,15H,4-9H2,1-3H3. The molecular formula is C14H25N3S. The Labute approximate surface area is 115 Å². The number of hydrogen-bond donors (Lipinski definition) is 1. The van der Waals surface area contributed by atoms with Gasteiger partial charge in [-0.05, 0) is 38.8 Å². The molecule has 3 nitrogen and oxygen atoms in total. The Kier molecular flexibility index (Phi) is 5.15. The smallest absolute Gasteiger partial charge is 0.107 e. The van der Waals surface area contributed by atoms with Gasteiger partial charge < -0.3 is 5.32 Å². The molecule has 1 aliphatic heterocycles. The van der Waals surface area contributed by atoms with E-state index in [4.69, 9.17) is 4.98 Å². The molecule has 2 unspecified atom stereocenters. The van der Waals surface area contributed by atoms with Crippen LogP contribution in [0.1, 0.15) is 44.3 Å². The summed E-state index contributed by atoms with van der Waals surface area (Å²) in [5.41, 5.74) is 1.24. The van der Waals surface area contributed by atoms with Crippen molar-refractivity contribution >= 4 is 11.3 Å². The predicted molar refractivity (Wildman–Crippen MR) is 77.8 cm³/mol. The molecule has 4 heteroatoms. The fraction of sp³-hybridized carbons (Fsp3) is 0.786. The second-order valence-corrected chi connectivity index (χ2v) is 6.29. The van der Waals surface area contributed by atoms with E-state index in [1.807, 2.05) is 0 Å². The van der Waals surface area contributed by atoms with Gasteiger partial charge in [-0.15, -0.1) is 11.3 Å². The lowest BCUT2D eigenvalue weighted by Gasteiger charge is -2.37. The highest BCUT2D eigenvalue weighted by molar-refractivity contribution is 7.09. The van der Waals surface area contributed by atoms with Gasteiger partial charge in [0, 0.05) is 24.5 Å². The molecule has 1 aromatic heterocycles. The summed E-state index contributed by atoms with van der Waals surface area (Å²) in [6.07, 6.45) is 2.71. The monoisotopic (exact) mass is 267 g/mol. The first-order valence-electron chi connectivity index (χ1n) is 7.08. The fourth-order valence-electron chi connectivity index (χ4n) is 2.59. The van der Waals surface area contributed by atoms with Gasteiger partial charge in [-0.3, -0.25) is 4.90 Å². The largest absolute Gasteiger partial charge is 0.311 e. The Morgan fingerprint density at radius 1 is 1.50 bits per heavy atom. The normalized spacial score (nSPS) is 25.5. The molecule has 1 N–H and O–H groups in total. The molecule has 2 rings (SSSR count). The molecule has 0 aliphatic carbocycles. The van der Waals surface area contributed by atoms with Crippen molar-refractivity contribution in [1.82, 2.24) is 15.2 Å². The first-order valence-corrected chi connectivity index (χ1v) is 7.96. The Morgan fingerprint density at radius 3 is 3.11 bits per heavy atom. The molecule has 1 aromatic rings. The van der Waals surface area contributed by atoms with Gasteiger partial charge in [-0.25, -0.2) is 4.98 Å². The summed E-state index contributed by atoms with van der Waals surface area (Å²) in [7, 11) is 0. The van der Waals surface area contributed by atoms with Crippen LogP contribution in [0, 0.1) is 5.92 Å². The van der Waals surface area contributed by atoms with E-state index in [9.17, 15) is 0 Å². The molecule has 102 valence electrons. The van der Waals surface area contributed by atoms with Gasteiger partial charge in [-0.2, -0.15) is 0 Å². The molecule has 0 aromatic carbocycles. The SMILES string of the molecule is CCNCc1nc(CN2CCCC(C)C2C)cs1. The van der Waals surface area contributed by atoms with Crippen LogP contribution >= 0.6 is 11.3 Å². The lowest BCUT2D eigenvalue weighted by atomic mass is 9.92. The van der Waals surface area contributed by atoms with Gasteiger partial charge >= 0.3 is 0 Å². The van der Waals surface area contributed by atoms with Crippen molar-refractivity contribution in [2.24, 2.45) is 5.92 Å². The van der Waals surface area contributed by atoms with Crippen LogP contribution in [0.5, 0.6) is 0 Å². The van der Waals surface area contributed by atoms with Crippen LogP contribution in [0.15, 0.2) is 5.38 Å². The van der Waals surface area contributed by atoms with Gasteiger partial charge in [0.05, 0.1) is 5.69 Å². The molecule has 2 heterocycles. The van der Waals surface area contributed by atoms with Gasteiger partial charge in [-0.1, -0.05) is 13.8 Å². The Balaban J connectivity index is 1.90. The third-order valence-electron chi connectivity index (χ3n) is 3.99. The number of piperidine rings is 1. The molecule has 1 aliphatic rings. The van der Waals surface area contributed by atoms with Gasteiger partial charge in [0.25, 0.3) is 0 Å². The first kappa shape index (κ1) is 14.0. The molecule has 2 atom stereocenters. The quantitative estimate of drug-likeness (QED) is 0.889. The number of likely N-dealkylation sites (tertiary alicyclic amines) is 1. The van der Waals surface area contributed by atoms with Gasteiger partial charge in [0.15, 0.2) is 0 Å². The van der Waals surface area contributed by atoms with Crippen molar-refractivity contribution in [1.29, 1.82) is 0 Å². The molecule has 0 radical (unpaired) electrons. The number of aromatic nitrogens is 1. The maximum absolute atomic E-state index is 4.72. The topological polar surface area (TPSA) is 28.2 Å². The maximum atomic E-state index is 4.72. The van der Waals surface area contributed by atoms with E-state index in [2.05, 4.69) is 36.4 Å².